The molecule has 7 nitrogen and oxygen atoms in total. The van der Waals surface area contributed by atoms with Crippen LogP contribution in [0.15, 0.2) is 78.9 Å². The second-order valence-electron chi connectivity index (χ2n) is 10.1. The number of carbonyl (C=O) groups excluding carboxylic acids is 2. The molecule has 4 rings (SSSR count). The molecule has 0 bridgehead atoms. The van der Waals surface area contributed by atoms with Gasteiger partial charge in [-0.1, -0.05) is 90.6 Å². The van der Waals surface area contributed by atoms with Gasteiger partial charge in [-0.15, -0.1) is 0 Å². The molecule has 10 heteroatoms. The van der Waals surface area contributed by atoms with E-state index in [4.69, 9.17) is 23.2 Å². The molecular weight excluding hydrogens is 569 g/mol. The molecule has 0 spiro atoms. The smallest absolute Gasteiger partial charge is 0.244 e. The summed E-state index contributed by atoms with van der Waals surface area (Å²) in [6.45, 7) is -0.479. The van der Waals surface area contributed by atoms with E-state index < -0.39 is 28.5 Å². The molecule has 1 fully saturated rings. The largest absolute Gasteiger partial charge is 0.352 e. The minimum atomic E-state index is -3.81. The van der Waals surface area contributed by atoms with Crippen molar-refractivity contribution in [2.24, 2.45) is 0 Å². The fourth-order valence-electron chi connectivity index (χ4n) is 4.96. The summed E-state index contributed by atoms with van der Waals surface area (Å²) in [4.78, 5) is 29.4. The molecule has 0 aliphatic heterocycles. The first-order valence-electron chi connectivity index (χ1n) is 13.2. The van der Waals surface area contributed by atoms with Gasteiger partial charge in [-0.2, -0.15) is 0 Å². The van der Waals surface area contributed by atoms with Gasteiger partial charge in [0.15, 0.2) is 0 Å². The molecule has 0 saturated heterocycles. The normalized spacial score (nSPS) is 14.5. The first-order chi connectivity index (χ1) is 19.1. The maximum absolute atomic E-state index is 14.1. The maximum Gasteiger partial charge on any atom is 0.244 e. The molecule has 0 aromatic heterocycles. The van der Waals surface area contributed by atoms with Gasteiger partial charge in [0.25, 0.3) is 0 Å². The molecule has 3 aromatic rings. The number of nitrogens with one attached hydrogen (secondary N) is 1. The third kappa shape index (κ3) is 7.99. The lowest BCUT2D eigenvalue weighted by atomic mass is 10.0. The molecule has 1 aliphatic carbocycles. The van der Waals surface area contributed by atoms with Gasteiger partial charge in [0.05, 0.1) is 11.9 Å². The third-order valence-electron chi connectivity index (χ3n) is 7.05. The monoisotopic (exact) mass is 601 g/mol. The van der Waals surface area contributed by atoms with Gasteiger partial charge in [0.1, 0.15) is 12.6 Å². The Morgan fingerprint density at radius 1 is 0.950 bits per heavy atom. The highest BCUT2D eigenvalue weighted by atomic mass is 35.5. The lowest BCUT2D eigenvalue weighted by Gasteiger charge is -2.34. The molecule has 40 heavy (non-hydrogen) atoms. The van der Waals surface area contributed by atoms with Gasteiger partial charge in [0, 0.05) is 29.1 Å². The quantitative estimate of drug-likeness (QED) is 0.316. The molecule has 1 aliphatic rings. The Kier molecular flexibility index (Phi) is 10.1. The van der Waals surface area contributed by atoms with E-state index in [1.165, 1.54) is 4.90 Å². The van der Waals surface area contributed by atoms with E-state index >= 15 is 0 Å². The van der Waals surface area contributed by atoms with Crippen molar-refractivity contribution in [3.8, 4) is 0 Å². The van der Waals surface area contributed by atoms with Gasteiger partial charge in [-0.25, -0.2) is 8.42 Å². The highest BCUT2D eigenvalue weighted by Gasteiger charge is 2.34. The summed E-state index contributed by atoms with van der Waals surface area (Å²) in [5.41, 5.74) is 1.83. The summed E-state index contributed by atoms with van der Waals surface area (Å²) in [6, 6.07) is 22.0. The molecule has 212 valence electrons. The summed E-state index contributed by atoms with van der Waals surface area (Å²) in [6.07, 6.45) is 5.16. The summed E-state index contributed by atoms with van der Waals surface area (Å²) in [7, 11) is -3.81. The second-order valence-corrected chi connectivity index (χ2v) is 12.8. The van der Waals surface area contributed by atoms with Crippen LogP contribution in [0.5, 0.6) is 0 Å². The fraction of sp³-hybridized carbons (Fsp3) is 0.333. The number of hydrogen-bond acceptors (Lipinski definition) is 4. The van der Waals surface area contributed by atoms with E-state index in [-0.39, 0.29) is 24.9 Å². The van der Waals surface area contributed by atoms with Crippen LogP contribution in [0, 0.1) is 0 Å². The molecule has 1 N–H and O–H groups in total. The van der Waals surface area contributed by atoms with Crippen LogP contribution < -0.4 is 9.62 Å². The lowest BCUT2D eigenvalue weighted by molar-refractivity contribution is -0.140. The van der Waals surface area contributed by atoms with Crippen molar-refractivity contribution in [1.82, 2.24) is 10.2 Å². The van der Waals surface area contributed by atoms with Crippen LogP contribution in [0.1, 0.15) is 36.8 Å². The van der Waals surface area contributed by atoms with Crippen molar-refractivity contribution in [3.63, 3.8) is 0 Å². The molecule has 3 aromatic carbocycles. The molecule has 0 radical (unpaired) electrons. The lowest BCUT2D eigenvalue weighted by Crippen LogP contribution is -2.54. The Morgan fingerprint density at radius 3 is 2.17 bits per heavy atom. The van der Waals surface area contributed by atoms with Crippen molar-refractivity contribution in [1.29, 1.82) is 0 Å². The molecule has 0 unspecified atom stereocenters. The Labute approximate surface area is 246 Å². The molecule has 1 atom stereocenters. The van der Waals surface area contributed by atoms with Gasteiger partial charge in [-0.05, 0) is 48.2 Å². The number of rotatable bonds is 11. The summed E-state index contributed by atoms with van der Waals surface area (Å²) in [5.74, 6) is -0.803. The number of amides is 2. The summed E-state index contributed by atoms with van der Waals surface area (Å²) < 4.78 is 26.7. The van der Waals surface area contributed by atoms with Crippen LogP contribution >= 0.6 is 23.2 Å². The Balaban J connectivity index is 1.73. The van der Waals surface area contributed by atoms with Gasteiger partial charge >= 0.3 is 0 Å². The van der Waals surface area contributed by atoms with Crippen LogP contribution in [0.4, 0.5) is 5.69 Å². The van der Waals surface area contributed by atoms with Gasteiger partial charge < -0.3 is 10.2 Å². The average molecular weight is 603 g/mol. The van der Waals surface area contributed by atoms with Crippen LogP contribution in [0.2, 0.25) is 10.0 Å². The average Bonchev–Trinajstić information content (AvgIpc) is 3.43. The third-order valence-corrected chi connectivity index (χ3v) is 8.78. The Bertz CT molecular complexity index is 1420. The van der Waals surface area contributed by atoms with Crippen molar-refractivity contribution in [2.45, 2.75) is 50.7 Å². The van der Waals surface area contributed by atoms with Crippen LogP contribution in [-0.2, 0) is 32.6 Å². The minimum absolute atomic E-state index is 0.00316. The first kappa shape index (κ1) is 29.9. The van der Waals surface area contributed by atoms with E-state index in [0.29, 0.717) is 21.3 Å². The number of sulfonamides is 1. The SMILES string of the molecule is CS(=O)(=O)N(CC(=O)N(Cc1ccc(Cl)cc1Cl)[C@H](Cc1ccccc1)C(=O)NC1CCCC1)c1ccccc1. The van der Waals surface area contributed by atoms with Gasteiger partial charge in [0.2, 0.25) is 21.8 Å². The van der Waals surface area contributed by atoms with Gasteiger partial charge in [-0.3, -0.25) is 13.9 Å². The fourth-order valence-corrected chi connectivity index (χ4v) is 6.28. The standard InChI is InChI=1S/C30H33Cl2N3O4S/c1-40(38,39)35(26-14-6-3-7-15-26)21-29(36)34(20-23-16-17-24(31)19-27(23)32)28(18-22-10-4-2-5-11-22)30(37)33-25-12-8-9-13-25/h2-7,10-11,14-17,19,25,28H,8-9,12-13,18,20-21H2,1H3,(H,33,37)/t28-/m1/s1. The summed E-state index contributed by atoms with van der Waals surface area (Å²) >= 11 is 12.6. The Hall–Kier alpha value is -3.07. The molecule has 2 amide bonds. The van der Waals surface area contributed by atoms with Crippen molar-refractivity contribution >= 4 is 50.7 Å². The highest BCUT2D eigenvalue weighted by molar-refractivity contribution is 7.92. The van der Waals surface area contributed by atoms with Crippen molar-refractivity contribution in [2.75, 3.05) is 17.1 Å². The Morgan fingerprint density at radius 2 is 1.57 bits per heavy atom. The number of halogens is 2. The number of carbonyl (C=O) groups is 2. The van der Waals surface area contributed by atoms with Crippen molar-refractivity contribution < 1.29 is 18.0 Å². The van der Waals surface area contributed by atoms with E-state index in [1.807, 2.05) is 30.3 Å². The van der Waals surface area contributed by atoms with E-state index in [9.17, 15) is 18.0 Å². The van der Waals surface area contributed by atoms with E-state index in [1.54, 1.807) is 48.5 Å². The van der Waals surface area contributed by atoms with Crippen LogP contribution in [0.25, 0.3) is 0 Å². The first-order valence-corrected chi connectivity index (χ1v) is 15.8. The predicted molar refractivity (Wildman–Crippen MR) is 160 cm³/mol. The molecule has 0 heterocycles. The predicted octanol–water partition coefficient (Wildman–Crippen LogP) is 5.46. The zero-order chi connectivity index (χ0) is 28.7. The zero-order valence-electron chi connectivity index (χ0n) is 22.3. The minimum Gasteiger partial charge on any atom is -0.352 e. The molecular formula is C30H33Cl2N3O4S. The number of hydrogen-bond donors (Lipinski definition) is 1. The second kappa shape index (κ2) is 13.5. The van der Waals surface area contributed by atoms with E-state index in [2.05, 4.69) is 5.32 Å². The van der Waals surface area contributed by atoms with Crippen molar-refractivity contribution in [3.05, 3.63) is 100 Å². The van der Waals surface area contributed by atoms with Crippen LogP contribution in [-0.4, -0.2) is 50.0 Å². The topological polar surface area (TPSA) is 86.8 Å². The molecule has 1 saturated carbocycles. The highest BCUT2D eigenvalue weighted by Crippen LogP contribution is 2.26. The maximum atomic E-state index is 14.1. The number of nitrogens with zero attached hydrogens (tertiary/aromatic N) is 2. The number of para-hydroxylation sites is 1. The van der Waals surface area contributed by atoms with E-state index in [0.717, 1.165) is 41.8 Å². The number of anilines is 1. The number of benzene rings is 3. The summed E-state index contributed by atoms with van der Waals surface area (Å²) in [5, 5.41) is 3.93. The zero-order valence-corrected chi connectivity index (χ0v) is 24.6. The van der Waals surface area contributed by atoms with Crippen LogP contribution in [0.3, 0.4) is 0 Å².